The minimum Gasteiger partial charge on any atom is -0.0825 e. The maximum Gasteiger partial charge on any atom is -0.0177 e. The van der Waals surface area contributed by atoms with E-state index in [0.29, 0.717) is 0 Å². The van der Waals surface area contributed by atoms with Crippen molar-refractivity contribution < 1.29 is 0 Å². The maximum absolute atomic E-state index is 2.52. The highest BCUT2D eigenvalue weighted by molar-refractivity contribution is 5.10. The predicted molar refractivity (Wildman–Crippen MR) is 57.6 cm³/mol. The van der Waals surface area contributed by atoms with Crippen molar-refractivity contribution in [3.8, 4) is 0 Å². The Balaban J connectivity index is 2.02. The van der Waals surface area contributed by atoms with Crippen LogP contribution in [0.25, 0.3) is 0 Å². The summed E-state index contributed by atoms with van der Waals surface area (Å²) in [5.74, 6) is 2.85. The molecule has 0 heteroatoms. The van der Waals surface area contributed by atoms with Gasteiger partial charge >= 0.3 is 0 Å². The lowest BCUT2D eigenvalue weighted by molar-refractivity contribution is 0.326. The van der Waals surface area contributed by atoms with Crippen LogP contribution < -0.4 is 0 Å². The molecule has 0 aromatic rings. The zero-order chi connectivity index (χ0) is 9.26. The van der Waals surface area contributed by atoms with Crippen molar-refractivity contribution in [2.75, 3.05) is 0 Å². The van der Waals surface area contributed by atoms with E-state index in [4.69, 9.17) is 0 Å². The molecule has 0 heterocycles. The highest BCUT2D eigenvalue weighted by Gasteiger charge is 2.28. The van der Waals surface area contributed by atoms with Gasteiger partial charge in [-0.3, -0.25) is 0 Å². The number of hydrogen-bond donors (Lipinski definition) is 0. The third-order valence-electron chi connectivity index (χ3n) is 4.03. The van der Waals surface area contributed by atoms with E-state index < -0.39 is 0 Å². The summed E-state index contributed by atoms with van der Waals surface area (Å²) in [7, 11) is 0. The van der Waals surface area contributed by atoms with Gasteiger partial charge in [0.25, 0.3) is 0 Å². The van der Waals surface area contributed by atoms with Gasteiger partial charge in [0.05, 0.1) is 0 Å². The molecule has 2 aliphatic rings. The summed E-state index contributed by atoms with van der Waals surface area (Å²) >= 11 is 0. The van der Waals surface area contributed by atoms with E-state index in [1.165, 1.54) is 38.5 Å². The van der Waals surface area contributed by atoms with Gasteiger partial charge in [0, 0.05) is 0 Å². The fourth-order valence-electron chi connectivity index (χ4n) is 3.29. The first kappa shape index (κ1) is 9.30. The molecule has 0 aliphatic heterocycles. The molecule has 2 aliphatic carbocycles. The molecule has 0 aromatic heterocycles. The summed E-state index contributed by atoms with van der Waals surface area (Å²) in [6.07, 6.45) is 11.4. The zero-order valence-corrected chi connectivity index (χ0v) is 9.05. The van der Waals surface area contributed by atoms with Crippen LogP contribution in [0.15, 0.2) is 11.6 Å². The van der Waals surface area contributed by atoms with Crippen LogP contribution in [-0.4, -0.2) is 0 Å². The van der Waals surface area contributed by atoms with Crippen LogP contribution in [-0.2, 0) is 0 Å². The van der Waals surface area contributed by atoms with Gasteiger partial charge in [-0.2, -0.15) is 0 Å². The molecule has 0 aromatic carbocycles. The monoisotopic (exact) mass is 178 g/mol. The van der Waals surface area contributed by atoms with E-state index in [1.54, 1.807) is 5.57 Å². The average molecular weight is 178 g/mol. The van der Waals surface area contributed by atoms with Crippen LogP contribution in [0.3, 0.4) is 0 Å². The van der Waals surface area contributed by atoms with Crippen molar-refractivity contribution in [2.24, 2.45) is 17.8 Å². The SMILES string of the molecule is CC1=C[C@@H](C)CCC1C1CCCC1. The number of rotatable bonds is 1. The number of allylic oxidation sites excluding steroid dienone is 2. The van der Waals surface area contributed by atoms with Gasteiger partial charge in [0.15, 0.2) is 0 Å². The van der Waals surface area contributed by atoms with E-state index in [2.05, 4.69) is 19.9 Å². The van der Waals surface area contributed by atoms with Gasteiger partial charge in [-0.1, -0.05) is 31.4 Å². The first-order chi connectivity index (χ1) is 6.27. The fraction of sp³-hybridized carbons (Fsp3) is 0.846. The minimum absolute atomic E-state index is 0.845. The average Bonchev–Trinajstić information content (AvgIpc) is 2.56. The molecule has 2 atom stereocenters. The molecule has 13 heavy (non-hydrogen) atoms. The van der Waals surface area contributed by atoms with E-state index >= 15 is 0 Å². The van der Waals surface area contributed by atoms with Crippen LogP contribution in [0.4, 0.5) is 0 Å². The molecule has 1 fully saturated rings. The Morgan fingerprint density at radius 3 is 2.38 bits per heavy atom. The lowest BCUT2D eigenvalue weighted by atomic mass is 9.76. The van der Waals surface area contributed by atoms with E-state index in [0.717, 1.165) is 17.8 Å². The molecule has 0 spiro atoms. The second kappa shape index (κ2) is 3.86. The summed E-state index contributed by atoms with van der Waals surface area (Å²) in [5, 5.41) is 0. The summed E-state index contributed by atoms with van der Waals surface area (Å²) < 4.78 is 0. The van der Waals surface area contributed by atoms with Crippen molar-refractivity contribution >= 4 is 0 Å². The Bertz CT molecular complexity index is 196. The highest BCUT2D eigenvalue weighted by Crippen LogP contribution is 2.40. The van der Waals surface area contributed by atoms with Crippen molar-refractivity contribution in [1.82, 2.24) is 0 Å². The lowest BCUT2D eigenvalue weighted by Crippen LogP contribution is -2.18. The van der Waals surface area contributed by atoms with Crippen LogP contribution in [0.1, 0.15) is 52.4 Å². The Labute approximate surface area is 82.4 Å². The molecular weight excluding hydrogens is 156 g/mol. The Morgan fingerprint density at radius 2 is 1.77 bits per heavy atom. The van der Waals surface area contributed by atoms with Gasteiger partial charge in [0.2, 0.25) is 0 Å². The molecular formula is C13H22. The predicted octanol–water partition coefficient (Wildman–Crippen LogP) is 4.17. The molecule has 0 N–H and O–H groups in total. The van der Waals surface area contributed by atoms with E-state index in [9.17, 15) is 0 Å². The lowest BCUT2D eigenvalue weighted by Gasteiger charge is -2.30. The Morgan fingerprint density at radius 1 is 1.08 bits per heavy atom. The van der Waals surface area contributed by atoms with Crippen LogP contribution >= 0.6 is 0 Å². The standard InChI is InChI=1S/C13H22/c1-10-7-8-13(11(2)9-10)12-5-3-4-6-12/h9-10,12-13H,3-8H2,1-2H3/t10-,13?/m0/s1. The second-order valence-corrected chi connectivity index (χ2v) is 5.12. The topological polar surface area (TPSA) is 0 Å². The second-order valence-electron chi connectivity index (χ2n) is 5.12. The molecule has 0 radical (unpaired) electrons. The van der Waals surface area contributed by atoms with Gasteiger partial charge in [-0.15, -0.1) is 0 Å². The third-order valence-corrected chi connectivity index (χ3v) is 4.03. The molecule has 74 valence electrons. The highest BCUT2D eigenvalue weighted by atomic mass is 14.3. The van der Waals surface area contributed by atoms with Gasteiger partial charge < -0.3 is 0 Å². The van der Waals surface area contributed by atoms with E-state index in [-0.39, 0.29) is 0 Å². The largest absolute Gasteiger partial charge is 0.0825 e. The van der Waals surface area contributed by atoms with Crippen molar-refractivity contribution in [3.63, 3.8) is 0 Å². The summed E-state index contributed by atoms with van der Waals surface area (Å²) in [6, 6.07) is 0. The molecule has 0 bridgehead atoms. The summed E-state index contributed by atoms with van der Waals surface area (Å²) in [6.45, 7) is 4.72. The quantitative estimate of drug-likeness (QED) is 0.529. The molecule has 1 saturated carbocycles. The van der Waals surface area contributed by atoms with E-state index in [1.807, 2.05) is 0 Å². The Kier molecular flexibility index (Phi) is 2.76. The summed E-state index contributed by atoms with van der Waals surface area (Å²) in [4.78, 5) is 0. The maximum atomic E-state index is 2.52. The van der Waals surface area contributed by atoms with Gasteiger partial charge in [-0.25, -0.2) is 0 Å². The Hall–Kier alpha value is -0.260. The first-order valence-electron chi connectivity index (χ1n) is 5.95. The molecule has 0 nitrogen and oxygen atoms in total. The molecule has 0 amide bonds. The molecule has 1 unspecified atom stereocenters. The summed E-state index contributed by atoms with van der Waals surface area (Å²) in [5.41, 5.74) is 1.70. The molecule has 2 rings (SSSR count). The minimum atomic E-state index is 0.845. The van der Waals surface area contributed by atoms with Crippen molar-refractivity contribution in [3.05, 3.63) is 11.6 Å². The van der Waals surface area contributed by atoms with Crippen LogP contribution in [0.5, 0.6) is 0 Å². The van der Waals surface area contributed by atoms with Gasteiger partial charge in [0.1, 0.15) is 0 Å². The molecule has 0 saturated heterocycles. The van der Waals surface area contributed by atoms with Crippen LogP contribution in [0.2, 0.25) is 0 Å². The first-order valence-corrected chi connectivity index (χ1v) is 5.95. The van der Waals surface area contributed by atoms with Gasteiger partial charge in [-0.05, 0) is 50.4 Å². The fourth-order valence-corrected chi connectivity index (χ4v) is 3.29. The van der Waals surface area contributed by atoms with Crippen molar-refractivity contribution in [2.45, 2.75) is 52.4 Å². The van der Waals surface area contributed by atoms with Crippen LogP contribution in [0, 0.1) is 17.8 Å². The third kappa shape index (κ3) is 1.98. The smallest absolute Gasteiger partial charge is 0.0177 e. The van der Waals surface area contributed by atoms with Crippen molar-refractivity contribution in [1.29, 1.82) is 0 Å². The number of hydrogen-bond acceptors (Lipinski definition) is 0. The zero-order valence-electron chi connectivity index (χ0n) is 9.05. The normalized spacial score (nSPS) is 36.3.